The standard InChI is InChI=1S/C17H23ClN2O2S/c1-5-7-10-23-20-17(21)16(18)15(11-19-20)22-12-14(6-2)9-8-13(3)4/h6,8-9,11H,3,5,7,10,12H2,1-2,4H3/b9-8-,14-6+. The highest BCUT2D eigenvalue weighted by Crippen LogP contribution is 2.20. The maximum atomic E-state index is 12.1. The van der Waals surface area contributed by atoms with Gasteiger partial charge in [0.15, 0.2) is 10.8 Å². The van der Waals surface area contributed by atoms with Crippen LogP contribution in [0.5, 0.6) is 5.75 Å². The Labute approximate surface area is 147 Å². The molecule has 1 heterocycles. The molecule has 0 N–H and O–H groups in total. The van der Waals surface area contributed by atoms with E-state index in [1.165, 1.54) is 22.2 Å². The molecule has 0 saturated carbocycles. The lowest BCUT2D eigenvalue weighted by atomic mass is 10.2. The normalized spacial score (nSPS) is 11.9. The quantitative estimate of drug-likeness (QED) is 0.478. The number of allylic oxidation sites excluding steroid dienone is 3. The Morgan fingerprint density at radius 3 is 2.87 bits per heavy atom. The molecule has 0 bridgehead atoms. The number of nitrogens with zero attached hydrogens (tertiary/aromatic N) is 2. The number of rotatable bonds is 9. The summed E-state index contributed by atoms with van der Waals surface area (Å²) in [6.07, 6.45) is 9.34. The average molecular weight is 355 g/mol. The fourth-order valence-corrected chi connectivity index (χ4v) is 2.68. The lowest BCUT2D eigenvalue weighted by molar-refractivity contribution is 0.352. The molecule has 0 amide bonds. The van der Waals surface area contributed by atoms with E-state index >= 15 is 0 Å². The lowest BCUT2D eigenvalue weighted by Gasteiger charge is -2.09. The second-order valence-corrected chi connectivity index (χ2v) is 6.41. The van der Waals surface area contributed by atoms with E-state index in [1.807, 2.05) is 32.1 Å². The highest BCUT2D eigenvalue weighted by atomic mass is 35.5. The van der Waals surface area contributed by atoms with E-state index in [4.69, 9.17) is 16.3 Å². The molecule has 126 valence electrons. The average Bonchev–Trinajstić information content (AvgIpc) is 2.53. The Morgan fingerprint density at radius 1 is 1.52 bits per heavy atom. The Kier molecular flexibility index (Phi) is 8.81. The highest BCUT2D eigenvalue weighted by Gasteiger charge is 2.11. The smallest absolute Gasteiger partial charge is 0.299 e. The molecule has 23 heavy (non-hydrogen) atoms. The van der Waals surface area contributed by atoms with Crippen LogP contribution in [0, 0.1) is 0 Å². The van der Waals surface area contributed by atoms with Crippen LogP contribution in [0.25, 0.3) is 0 Å². The van der Waals surface area contributed by atoms with Crippen molar-refractivity contribution in [3.8, 4) is 5.75 Å². The summed E-state index contributed by atoms with van der Waals surface area (Å²) in [6.45, 7) is 10.1. The molecule has 0 fully saturated rings. The van der Waals surface area contributed by atoms with Gasteiger partial charge in [-0.2, -0.15) is 9.19 Å². The van der Waals surface area contributed by atoms with Crippen LogP contribution in [-0.4, -0.2) is 21.5 Å². The molecule has 0 aromatic carbocycles. The predicted molar refractivity (Wildman–Crippen MR) is 99.5 cm³/mol. The van der Waals surface area contributed by atoms with Crippen LogP contribution >= 0.6 is 23.5 Å². The third-order valence-electron chi connectivity index (χ3n) is 2.92. The van der Waals surface area contributed by atoms with Crippen molar-refractivity contribution in [2.75, 3.05) is 12.4 Å². The second kappa shape index (κ2) is 10.3. The fourth-order valence-electron chi connectivity index (χ4n) is 1.53. The van der Waals surface area contributed by atoms with E-state index in [9.17, 15) is 4.79 Å². The SMILES string of the molecule is C=C(C)/C=C\C(=C/C)COc1cnn(SCCCC)c(=O)c1Cl. The minimum atomic E-state index is -0.343. The molecule has 0 unspecified atom stereocenters. The largest absolute Gasteiger partial charge is 0.485 e. The maximum Gasteiger partial charge on any atom is 0.299 e. The van der Waals surface area contributed by atoms with Crippen LogP contribution in [0.15, 0.2) is 46.9 Å². The summed E-state index contributed by atoms with van der Waals surface area (Å²) in [6, 6.07) is 0. The molecule has 1 aromatic heterocycles. The van der Waals surface area contributed by atoms with Gasteiger partial charge in [0.2, 0.25) is 0 Å². The first-order chi connectivity index (χ1) is 11.0. The monoisotopic (exact) mass is 354 g/mol. The van der Waals surface area contributed by atoms with Gasteiger partial charge in [-0.25, -0.2) is 0 Å². The number of unbranched alkanes of at least 4 members (excludes halogenated alkanes) is 1. The summed E-state index contributed by atoms with van der Waals surface area (Å²) in [4.78, 5) is 12.1. The Hall–Kier alpha value is -1.46. The maximum absolute atomic E-state index is 12.1. The first-order valence-electron chi connectivity index (χ1n) is 7.52. The van der Waals surface area contributed by atoms with Gasteiger partial charge in [0.25, 0.3) is 5.56 Å². The summed E-state index contributed by atoms with van der Waals surface area (Å²) < 4.78 is 6.93. The van der Waals surface area contributed by atoms with Gasteiger partial charge in [-0.1, -0.05) is 55.3 Å². The highest BCUT2D eigenvalue weighted by molar-refractivity contribution is 7.97. The fraction of sp³-hybridized carbons (Fsp3) is 0.412. The van der Waals surface area contributed by atoms with Crippen LogP contribution in [-0.2, 0) is 0 Å². The summed E-state index contributed by atoms with van der Waals surface area (Å²) in [5.41, 5.74) is 1.58. The molecular formula is C17H23ClN2O2S. The zero-order valence-electron chi connectivity index (χ0n) is 13.8. The molecule has 0 radical (unpaired) electrons. The van der Waals surface area contributed by atoms with Gasteiger partial charge in [-0.05, 0) is 37.8 Å². The van der Waals surface area contributed by atoms with Crippen LogP contribution < -0.4 is 10.3 Å². The molecule has 1 rings (SSSR count). The molecular weight excluding hydrogens is 332 g/mol. The molecule has 0 aliphatic carbocycles. The number of aromatic nitrogens is 2. The van der Waals surface area contributed by atoms with Crippen molar-refractivity contribution in [3.63, 3.8) is 0 Å². The molecule has 0 aliphatic heterocycles. The Morgan fingerprint density at radius 2 is 2.26 bits per heavy atom. The van der Waals surface area contributed by atoms with Gasteiger partial charge in [0, 0.05) is 5.75 Å². The van der Waals surface area contributed by atoms with Crippen LogP contribution in [0.4, 0.5) is 0 Å². The summed E-state index contributed by atoms with van der Waals surface area (Å²) in [7, 11) is 0. The number of hydrogen-bond donors (Lipinski definition) is 0. The predicted octanol–water partition coefficient (Wildman–Crippen LogP) is 4.65. The molecule has 0 spiro atoms. The van der Waals surface area contributed by atoms with Crippen LogP contribution in [0.1, 0.15) is 33.6 Å². The van der Waals surface area contributed by atoms with Crippen molar-refractivity contribution in [1.29, 1.82) is 0 Å². The third-order valence-corrected chi connectivity index (χ3v) is 4.24. The van der Waals surface area contributed by atoms with Gasteiger partial charge in [0.05, 0.1) is 6.20 Å². The van der Waals surface area contributed by atoms with E-state index in [0.29, 0.717) is 12.4 Å². The van der Waals surface area contributed by atoms with E-state index in [0.717, 1.165) is 29.7 Å². The van der Waals surface area contributed by atoms with Crippen LogP contribution in [0.2, 0.25) is 5.02 Å². The van der Waals surface area contributed by atoms with Gasteiger partial charge < -0.3 is 4.74 Å². The zero-order valence-corrected chi connectivity index (χ0v) is 15.4. The zero-order chi connectivity index (χ0) is 17.2. The van der Waals surface area contributed by atoms with Crippen molar-refractivity contribution in [3.05, 3.63) is 57.5 Å². The van der Waals surface area contributed by atoms with E-state index in [-0.39, 0.29) is 10.6 Å². The molecule has 6 heteroatoms. The molecule has 0 aliphatic rings. The van der Waals surface area contributed by atoms with Crippen molar-refractivity contribution in [2.24, 2.45) is 0 Å². The first-order valence-corrected chi connectivity index (χ1v) is 8.84. The van der Waals surface area contributed by atoms with Crippen molar-refractivity contribution < 1.29 is 4.74 Å². The van der Waals surface area contributed by atoms with Gasteiger partial charge in [0.1, 0.15) is 6.61 Å². The summed E-state index contributed by atoms with van der Waals surface area (Å²) in [5.74, 6) is 1.13. The van der Waals surface area contributed by atoms with Crippen molar-refractivity contribution in [1.82, 2.24) is 9.19 Å². The minimum absolute atomic E-state index is 0.0586. The molecule has 0 atom stereocenters. The lowest BCUT2D eigenvalue weighted by Crippen LogP contribution is -2.19. The number of hydrogen-bond acceptors (Lipinski definition) is 4. The first kappa shape index (κ1) is 19.6. The van der Waals surface area contributed by atoms with E-state index in [2.05, 4.69) is 18.6 Å². The Bertz CT molecular complexity index is 650. The molecule has 4 nitrogen and oxygen atoms in total. The number of ether oxygens (including phenoxy) is 1. The molecule has 1 aromatic rings. The van der Waals surface area contributed by atoms with Gasteiger partial charge in [-0.3, -0.25) is 4.79 Å². The number of halogens is 1. The van der Waals surface area contributed by atoms with E-state index < -0.39 is 0 Å². The van der Waals surface area contributed by atoms with Gasteiger partial charge >= 0.3 is 0 Å². The Balaban J connectivity index is 2.76. The summed E-state index contributed by atoms with van der Waals surface area (Å²) in [5, 5.41) is 4.15. The van der Waals surface area contributed by atoms with Crippen LogP contribution in [0.3, 0.4) is 0 Å². The molecule has 0 saturated heterocycles. The topological polar surface area (TPSA) is 44.1 Å². The second-order valence-electron chi connectivity index (χ2n) is 5.02. The third kappa shape index (κ3) is 6.67. The van der Waals surface area contributed by atoms with E-state index in [1.54, 1.807) is 0 Å². The van der Waals surface area contributed by atoms with Gasteiger partial charge in [-0.15, -0.1) is 0 Å². The van der Waals surface area contributed by atoms with Crippen molar-refractivity contribution in [2.45, 2.75) is 33.6 Å². The van der Waals surface area contributed by atoms with Crippen molar-refractivity contribution >= 4 is 23.5 Å². The minimum Gasteiger partial charge on any atom is -0.485 e. The summed E-state index contributed by atoms with van der Waals surface area (Å²) >= 11 is 7.46.